The molecule has 2 aromatic carbocycles. The van der Waals surface area contributed by atoms with E-state index in [0.29, 0.717) is 12.1 Å². The van der Waals surface area contributed by atoms with Crippen molar-refractivity contribution in [3.05, 3.63) is 88.2 Å². The molecule has 0 aliphatic rings. The number of aliphatic hydroxyl groups is 6. The normalized spacial score (nSPS) is 15.8. The van der Waals surface area contributed by atoms with Crippen molar-refractivity contribution in [3.8, 4) is 0 Å². The molecule has 5 atom stereocenters. The second kappa shape index (κ2) is 12.1. The molecule has 0 spiro atoms. The van der Waals surface area contributed by atoms with Crippen LogP contribution in [0.25, 0.3) is 0 Å². The van der Waals surface area contributed by atoms with Gasteiger partial charge in [0.05, 0.1) is 6.61 Å². The summed E-state index contributed by atoms with van der Waals surface area (Å²) >= 11 is 0. The van der Waals surface area contributed by atoms with Gasteiger partial charge in [-0.3, -0.25) is 0 Å². The molecule has 10 heteroatoms. The Morgan fingerprint density at radius 2 is 1.21 bits per heavy atom. The molecule has 1 unspecified atom stereocenters. The van der Waals surface area contributed by atoms with Crippen molar-refractivity contribution in [2.45, 2.75) is 43.4 Å². The quantitative estimate of drug-likeness (QED) is 0.226. The fraction of sp³-hybridized carbons (Fsp3) is 0.348. The summed E-state index contributed by atoms with van der Waals surface area (Å²) < 4.78 is 53.8. The molecule has 180 valence electrons. The van der Waals surface area contributed by atoms with E-state index in [2.05, 4.69) is 5.73 Å². The van der Waals surface area contributed by atoms with Gasteiger partial charge in [-0.15, -0.1) is 5.73 Å². The van der Waals surface area contributed by atoms with Crippen molar-refractivity contribution in [3.63, 3.8) is 0 Å². The van der Waals surface area contributed by atoms with Crippen molar-refractivity contribution in [1.82, 2.24) is 0 Å². The van der Waals surface area contributed by atoms with Crippen LogP contribution in [0.1, 0.15) is 11.1 Å². The van der Waals surface area contributed by atoms with Crippen molar-refractivity contribution in [1.29, 1.82) is 0 Å². The minimum Gasteiger partial charge on any atom is -0.394 e. The second-order valence-electron chi connectivity index (χ2n) is 7.48. The van der Waals surface area contributed by atoms with E-state index < -0.39 is 60.4 Å². The first-order valence-electron chi connectivity index (χ1n) is 9.87. The molecular weight excluding hydrogens is 448 g/mol. The SMILES string of the molecule is OC[C@H](O)[C@@H](O)[C@H](O)[C@H](O)C(O)C(=C=CCc1cc(F)cc(F)c1)Cc1cc(F)cc(F)c1. The van der Waals surface area contributed by atoms with Crippen LogP contribution in [-0.2, 0) is 12.8 Å². The van der Waals surface area contributed by atoms with Gasteiger partial charge in [-0.1, -0.05) is 0 Å². The fourth-order valence-corrected chi connectivity index (χ4v) is 3.13. The van der Waals surface area contributed by atoms with E-state index in [0.717, 1.165) is 24.3 Å². The van der Waals surface area contributed by atoms with Gasteiger partial charge in [-0.2, -0.15) is 0 Å². The molecule has 0 aliphatic carbocycles. The maximum atomic E-state index is 13.6. The van der Waals surface area contributed by atoms with Crippen molar-refractivity contribution < 1.29 is 48.2 Å². The monoisotopic (exact) mass is 472 g/mol. The van der Waals surface area contributed by atoms with E-state index in [9.17, 15) is 43.1 Å². The fourth-order valence-electron chi connectivity index (χ4n) is 3.13. The minimum absolute atomic E-state index is 0.0388. The highest BCUT2D eigenvalue weighted by atomic mass is 19.1. The van der Waals surface area contributed by atoms with Crippen LogP contribution in [0.2, 0.25) is 0 Å². The standard InChI is InChI=1S/C23H24F4O6/c24-15-5-12(6-16(25)9-15)2-1-3-14(4-13-7-17(26)10-18(27)8-13)20(30)22(32)23(33)21(31)19(29)11-28/h1,5-10,19-23,28-33H,2,4,11H2/t3?,19-,20?,21+,22+,23-/m0/s1. The minimum atomic E-state index is -2.11. The molecule has 0 bridgehead atoms. The average Bonchev–Trinajstić information content (AvgIpc) is 2.74. The molecule has 6 N–H and O–H groups in total. The third-order valence-corrected chi connectivity index (χ3v) is 4.83. The van der Waals surface area contributed by atoms with Gasteiger partial charge < -0.3 is 30.6 Å². The summed E-state index contributed by atoms with van der Waals surface area (Å²) in [6.07, 6.45) is -9.15. The lowest BCUT2D eigenvalue weighted by Gasteiger charge is -2.29. The summed E-state index contributed by atoms with van der Waals surface area (Å²) in [4.78, 5) is 0. The van der Waals surface area contributed by atoms with Crippen LogP contribution < -0.4 is 0 Å². The van der Waals surface area contributed by atoms with E-state index in [1.165, 1.54) is 6.08 Å². The molecule has 0 amide bonds. The Kier molecular flexibility index (Phi) is 9.75. The molecule has 0 saturated heterocycles. The Bertz CT molecular complexity index is 968. The Morgan fingerprint density at radius 3 is 1.70 bits per heavy atom. The average molecular weight is 472 g/mol. The van der Waals surface area contributed by atoms with Crippen LogP contribution in [-0.4, -0.2) is 67.8 Å². The van der Waals surface area contributed by atoms with Crippen LogP contribution in [0.15, 0.2) is 53.8 Å². The largest absolute Gasteiger partial charge is 0.394 e. The van der Waals surface area contributed by atoms with E-state index in [1.807, 2.05) is 0 Å². The summed E-state index contributed by atoms with van der Waals surface area (Å²) in [6.45, 7) is -0.934. The molecule has 2 rings (SSSR count). The highest BCUT2D eigenvalue weighted by molar-refractivity contribution is 5.27. The van der Waals surface area contributed by atoms with Crippen LogP contribution in [0, 0.1) is 23.3 Å². The highest BCUT2D eigenvalue weighted by Crippen LogP contribution is 2.19. The summed E-state index contributed by atoms with van der Waals surface area (Å²) in [5.41, 5.74) is 2.67. The van der Waals surface area contributed by atoms with Gasteiger partial charge in [0.25, 0.3) is 0 Å². The van der Waals surface area contributed by atoms with Crippen molar-refractivity contribution >= 4 is 0 Å². The van der Waals surface area contributed by atoms with E-state index >= 15 is 0 Å². The second-order valence-corrected chi connectivity index (χ2v) is 7.48. The first-order valence-corrected chi connectivity index (χ1v) is 9.87. The number of halogens is 4. The van der Waals surface area contributed by atoms with Crippen molar-refractivity contribution in [2.75, 3.05) is 6.61 Å². The summed E-state index contributed by atoms with van der Waals surface area (Å²) in [5, 5.41) is 59.0. The summed E-state index contributed by atoms with van der Waals surface area (Å²) in [5.74, 6) is -3.43. The Morgan fingerprint density at radius 1 is 0.727 bits per heavy atom. The lowest BCUT2D eigenvalue weighted by atomic mass is 9.92. The number of aliphatic hydroxyl groups excluding tert-OH is 6. The Labute approximate surface area is 187 Å². The van der Waals surface area contributed by atoms with Crippen LogP contribution in [0.3, 0.4) is 0 Å². The van der Waals surface area contributed by atoms with Crippen LogP contribution in [0.4, 0.5) is 17.6 Å². The molecule has 2 aromatic rings. The van der Waals surface area contributed by atoms with Gasteiger partial charge in [0.1, 0.15) is 53.8 Å². The van der Waals surface area contributed by atoms with E-state index in [1.54, 1.807) is 0 Å². The maximum absolute atomic E-state index is 13.6. The van der Waals surface area contributed by atoms with Gasteiger partial charge in [0.15, 0.2) is 0 Å². The smallest absolute Gasteiger partial charge is 0.126 e. The van der Waals surface area contributed by atoms with Gasteiger partial charge in [0, 0.05) is 24.1 Å². The van der Waals surface area contributed by atoms with Crippen LogP contribution in [0.5, 0.6) is 0 Å². The van der Waals surface area contributed by atoms with Gasteiger partial charge in [-0.05, 0) is 47.9 Å². The lowest BCUT2D eigenvalue weighted by molar-refractivity contribution is -0.134. The van der Waals surface area contributed by atoms with Gasteiger partial charge in [-0.25, -0.2) is 17.6 Å². The summed E-state index contributed by atoms with van der Waals surface area (Å²) in [6, 6.07) is 5.36. The van der Waals surface area contributed by atoms with E-state index in [4.69, 9.17) is 5.11 Å². The molecule has 0 saturated carbocycles. The van der Waals surface area contributed by atoms with Gasteiger partial charge in [0.2, 0.25) is 0 Å². The zero-order chi connectivity index (χ0) is 24.7. The zero-order valence-corrected chi connectivity index (χ0v) is 17.2. The topological polar surface area (TPSA) is 121 Å². The predicted molar refractivity (Wildman–Crippen MR) is 109 cm³/mol. The van der Waals surface area contributed by atoms with E-state index in [-0.39, 0.29) is 29.5 Å². The number of rotatable bonds is 10. The first-order chi connectivity index (χ1) is 15.5. The Balaban J connectivity index is 2.36. The van der Waals surface area contributed by atoms with Crippen LogP contribution >= 0.6 is 0 Å². The molecule has 0 fully saturated rings. The number of benzene rings is 2. The molecule has 0 radical (unpaired) electrons. The molecule has 6 nitrogen and oxygen atoms in total. The highest BCUT2D eigenvalue weighted by Gasteiger charge is 2.35. The zero-order valence-electron chi connectivity index (χ0n) is 17.2. The third kappa shape index (κ3) is 7.76. The van der Waals surface area contributed by atoms with Crippen molar-refractivity contribution in [2.24, 2.45) is 0 Å². The number of hydrogen-bond acceptors (Lipinski definition) is 6. The Hall–Kier alpha value is -2.56. The first kappa shape index (κ1) is 26.7. The maximum Gasteiger partial charge on any atom is 0.126 e. The molecule has 0 aromatic heterocycles. The molecular formula is C23H24F4O6. The lowest BCUT2D eigenvalue weighted by Crippen LogP contribution is -2.50. The number of hydrogen-bond donors (Lipinski definition) is 6. The summed E-state index contributed by atoms with van der Waals surface area (Å²) in [7, 11) is 0. The molecule has 33 heavy (non-hydrogen) atoms. The molecule has 0 heterocycles. The molecule has 0 aliphatic heterocycles. The third-order valence-electron chi connectivity index (χ3n) is 4.83. The predicted octanol–water partition coefficient (Wildman–Crippen LogP) is 0.907. The van der Waals surface area contributed by atoms with Gasteiger partial charge >= 0.3 is 0 Å².